The first-order valence-corrected chi connectivity index (χ1v) is 10.8. The van der Waals surface area contributed by atoms with E-state index >= 15 is 0 Å². The second-order valence-corrected chi connectivity index (χ2v) is 10.2. The van der Waals surface area contributed by atoms with E-state index in [9.17, 15) is 4.79 Å². The van der Waals surface area contributed by atoms with Gasteiger partial charge in [0.25, 0.3) is 0 Å². The predicted molar refractivity (Wildman–Crippen MR) is 96.0 cm³/mol. The van der Waals surface area contributed by atoms with Crippen LogP contribution >= 0.6 is 0 Å². The van der Waals surface area contributed by atoms with E-state index in [1.54, 1.807) is 0 Å². The van der Waals surface area contributed by atoms with Gasteiger partial charge in [0.2, 0.25) is 0 Å². The Hall–Kier alpha value is -0.410. The molecule has 1 heterocycles. The first kappa shape index (κ1) is 16.7. The van der Waals surface area contributed by atoms with E-state index in [0.29, 0.717) is 17.1 Å². The zero-order chi connectivity index (χ0) is 17.3. The molecule has 1 aliphatic heterocycles. The molecule has 5 aliphatic rings. The molecule has 5 rings (SSSR count). The Morgan fingerprint density at radius 3 is 2.48 bits per heavy atom. The summed E-state index contributed by atoms with van der Waals surface area (Å²) in [5.41, 5.74) is 0.595. The number of hydrogen-bond donors (Lipinski definition) is 0. The van der Waals surface area contributed by atoms with Crippen molar-refractivity contribution in [2.45, 2.75) is 83.8 Å². The minimum absolute atomic E-state index is 0.203. The maximum Gasteiger partial charge on any atom is 0.174 e. The Labute approximate surface area is 152 Å². The lowest BCUT2D eigenvalue weighted by Crippen LogP contribution is -2.55. The summed E-state index contributed by atoms with van der Waals surface area (Å²) < 4.78 is 12.5. The summed E-state index contributed by atoms with van der Waals surface area (Å²) in [7, 11) is 0. The van der Waals surface area contributed by atoms with Gasteiger partial charge in [-0.2, -0.15) is 0 Å². The molecule has 6 atom stereocenters. The fourth-order valence-electron chi connectivity index (χ4n) is 8.19. The van der Waals surface area contributed by atoms with Crippen molar-refractivity contribution in [3.63, 3.8) is 0 Å². The van der Waals surface area contributed by atoms with Crippen molar-refractivity contribution in [2.75, 3.05) is 13.2 Å². The summed E-state index contributed by atoms with van der Waals surface area (Å²) in [6, 6.07) is 0. The molecule has 0 aromatic rings. The van der Waals surface area contributed by atoms with Crippen molar-refractivity contribution in [1.29, 1.82) is 0 Å². The third-order valence-electron chi connectivity index (χ3n) is 9.51. The highest BCUT2D eigenvalue weighted by Gasteiger charge is 2.67. The Morgan fingerprint density at radius 2 is 1.68 bits per heavy atom. The van der Waals surface area contributed by atoms with Gasteiger partial charge in [-0.25, -0.2) is 0 Å². The van der Waals surface area contributed by atoms with Crippen molar-refractivity contribution in [1.82, 2.24) is 0 Å². The SMILES string of the molecule is C[C@]12CCC3[C@@H](CC[C@H]4CC(=O)CCC[C@]34C)[C@@H]1CCC21OCCO1. The number of ether oxygens (including phenoxy) is 2. The Kier molecular flexibility index (Phi) is 3.71. The van der Waals surface area contributed by atoms with Crippen molar-refractivity contribution in [3.05, 3.63) is 0 Å². The molecule has 1 spiro atoms. The molecule has 0 aromatic heterocycles. The van der Waals surface area contributed by atoms with Gasteiger partial charge in [0.05, 0.1) is 13.2 Å². The van der Waals surface area contributed by atoms with E-state index in [1.165, 1.54) is 38.5 Å². The highest BCUT2D eigenvalue weighted by molar-refractivity contribution is 5.79. The number of Topliss-reactive ketones (excluding diaryl/α,β-unsaturated/α-hetero) is 1. The van der Waals surface area contributed by atoms with Gasteiger partial charge in [-0.1, -0.05) is 13.8 Å². The zero-order valence-electron chi connectivity index (χ0n) is 16.0. The number of carbonyl (C=O) groups excluding carboxylic acids is 1. The van der Waals surface area contributed by atoms with E-state index in [1.807, 2.05) is 0 Å². The molecule has 3 heteroatoms. The molecule has 0 N–H and O–H groups in total. The number of rotatable bonds is 0. The highest BCUT2D eigenvalue weighted by atomic mass is 16.7. The second kappa shape index (κ2) is 5.55. The van der Waals surface area contributed by atoms with Gasteiger partial charge >= 0.3 is 0 Å². The summed E-state index contributed by atoms with van der Waals surface area (Å²) in [4.78, 5) is 12.2. The zero-order valence-corrected chi connectivity index (χ0v) is 16.0. The van der Waals surface area contributed by atoms with E-state index < -0.39 is 0 Å². The largest absolute Gasteiger partial charge is 0.347 e. The van der Waals surface area contributed by atoms with Crippen LogP contribution in [-0.2, 0) is 14.3 Å². The van der Waals surface area contributed by atoms with Gasteiger partial charge in [-0.3, -0.25) is 4.79 Å². The van der Waals surface area contributed by atoms with Crippen LogP contribution in [0.5, 0.6) is 0 Å². The van der Waals surface area contributed by atoms with E-state index in [4.69, 9.17) is 9.47 Å². The average Bonchev–Trinajstić information content (AvgIpc) is 3.13. The van der Waals surface area contributed by atoms with E-state index in [2.05, 4.69) is 13.8 Å². The van der Waals surface area contributed by atoms with E-state index in [-0.39, 0.29) is 11.2 Å². The quantitative estimate of drug-likeness (QED) is 0.636. The molecule has 140 valence electrons. The van der Waals surface area contributed by atoms with Crippen LogP contribution in [0.15, 0.2) is 0 Å². The lowest BCUT2D eigenvalue weighted by Gasteiger charge is -2.59. The van der Waals surface area contributed by atoms with Gasteiger partial charge in [0, 0.05) is 24.7 Å². The Bertz CT molecular complexity index is 566. The third-order valence-corrected chi connectivity index (χ3v) is 9.51. The molecule has 0 aromatic carbocycles. The van der Waals surface area contributed by atoms with Crippen LogP contribution < -0.4 is 0 Å². The molecule has 25 heavy (non-hydrogen) atoms. The lowest BCUT2D eigenvalue weighted by atomic mass is 9.46. The van der Waals surface area contributed by atoms with Crippen LogP contribution in [0.4, 0.5) is 0 Å². The fourth-order valence-corrected chi connectivity index (χ4v) is 8.19. The number of hydrogen-bond acceptors (Lipinski definition) is 3. The maximum atomic E-state index is 12.2. The molecule has 4 aliphatic carbocycles. The van der Waals surface area contributed by atoms with Crippen molar-refractivity contribution >= 4 is 5.78 Å². The van der Waals surface area contributed by atoms with Gasteiger partial charge in [-0.15, -0.1) is 0 Å². The first-order valence-electron chi connectivity index (χ1n) is 10.8. The lowest BCUT2D eigenvalue weighted by molar-refractivity contribution is -0.246. The van der Waals surface area contributed by atoms with Crippen molar-refractivity contribution in [2.24, 2.45) is 34.5 Å². The molecule has 4 saturated carbocycles. The number of carbonyl (C=O) groups is 1. The normalized spacial score (nSPS) is 51.7. The topological polar surface area (TPSA) is 35.5 Å². The van der Waals surface area contributed by atoms with E-state index in [0.717, 1.165) is 56.7 Å². The standard InChI is InChI=1S/C22H34O3/c1-20-9-3-4-16(23)14-15(20)5-6-17-18(20)7-10-21(2)19(17)8-11-22(21)24-12-13-25-22/h15,17-19H,3-14H2,1-2H3/t15-,17+,18?,19-,20-,21-/m0/s1. The molecule has 0 amide bonds. The third kappa shape index (κ3) is 2.15. The minimum atomic E-state index is -0.278. The van der Waals surface area contributed by atoms with Crippen LogP contribution in [0, 0.1) is 34.5 Å². The molecular formula is C22H34O3. The fraction of sp³-hybridized carbons (Fsp3) is 0.955. The number of fused-ring (bicyclic) bond motifs is 6. The van der Waals surface area contributed by atoms with Gasteiger partial charge in [0.15, 0.2) is 5.79 Å². The Morgan fingerprint density at radius 1 is 0.920 bits per heavy atom. The van der Waals surface area contributed by atoms with Crippen molar-refractivity contribution in [3.8, 4) is 0 Å². The second-order valence-electron chi connectivity index (χ2n) is 10.2. The molecule has 1 unspecified atom stereocenters. The summed E-state index contributed by atoms with van der Waals surface area (Å²) in [6.45, 7) is 6.57. The van der Waals surface area contributed by atoms with Crippen LogP contribution in [0.25, 0.3) is 0 Å². The van der Waals surface area contributed by atoms with Crippen LogP contribution in [-0.4, -0.2) is 24.8 Å². The summed E-state index contributed by atoms with van der Waals surface area (Å²) in [5, 5.41) is 0. The summed E-state index contributed by atoms with van der Waals surface area (Å²) in [6.07, 6.45) is 11.6. The Balaban J connectivity index is 1.46. The molecule has 0 radical (unpaired) electrons. The smallest absolute Gasteiger partial charge is 0.174 e. The highest BCUT2D eigenvalue weighted by Crippen LogP contribution is 2.69. The first-order chi connectivity index (χ1) is 12.0. The van der Waals surface area contributed by atoms with Crippen LogP contribution in [0.3, 0.4) is 0 Å². The van der Waals surface area contributed by atoms with Crippen LogP contribution in [0.2, 0.25) is 0 Å². The average molecular weight is 347 g/mol. The molecule has 5 fully saturated rings. The monoisotopic (exact) mass is 346 g/mol. The molecule has 1 saturated heterocycles. The van der Waals surface area contributed by atoms with Crippen molar-refractivity contribution < 1.29 is 14.3 Å². The predicted octanol–water partition coefficient (Wildman–Crippen LogP) is 4.73. The minimum Gasteiger partial charge on any atom is -0.347 e. The van der Waals surface area contributed by atoms with Crippen LogP contribution in [0.1, 0.15) is 78.1 Å². The summed E-state index contributed by atoms with van der Waals surface area (Å²) in [5.74, 6) is 3.27. The van der Waals surface area contributed by atoms with Gasteiger partial charge in [0.1, 0.15) is 5.78 Å². The number of ketones is 1. The summed E-state index contributed by atoms with van der Waals surface area (Å²) >= 11 is 0. The van der Waals surface area contributed by atoms with Gasteiger partial charge < -0.3 is 9.47 Å². The molecule has 0 bridgehead atoms. The maximum absolute atomic E-state index is 12.2. The molecule has 3 nitrogen and oxygen atoms in total. The van der Waals surface area contributed by atoms with Gasteiger partial charge in [-0.05, 0) is 74.0 Å². The molecular weight excluding hydrogens is 312 g/mol.